The number of rotatable bonds is 3. The fourth-order valence-electron chi connectivity index (χ4n) is 3.40. The Morgan fingerprint density at radius 1 is 1.17 bits per heavy atom. The van der Waals surface area contributed by atoms with Crippen molar-refractivity contribution in [2.24, 2.45) is 0 Å². The summed E-state index contributed by atoms with van der Waals surface area (Å²) >= 11 is 13.2. The third kappa shape index (κ3) is 4.16. The largest absolute Gasteiger partial charge is 0.508 e. The first kappa shape index (κ1) is 20.7. The first-order valence-electron chi connectivity index (χ1n) is 9.36. The number of hydrogen-bond donors (Lipinski definition) is 2. The van der Waals surface area contributed by atoms with Crippen LogP contribution in [0.25, 0.3) is 10.1 Å². The van der Waals surface area contributed by atoms with Crippen molar-refractivity contribution in [1.29, 1.82) is 0 Å². The molecule has 0 amide bonds. The molecule has 156 valence electrons. The number of halogens is 1. The zero-order chi connectivity index (χ0) is 21.3. The second kappa shape index (κ2) is 8.67. The molecular weight excluding hydrogens is 442 g/mol. The van der Waals surface area contributed by atoms with Crippen molar-refractivity contribution >= 4 is 67.7 Å². The zero-order valence-corrected chi connectivity index (χ0v) is 18.6. The summed E-state index contributed by atoms with van der Waals surface area (Å²) in [6, 6.07) is 13.0. The number of esters is 1. The van der Waals surface area contributed by atoms with Crippen LogP contribution in [0, 0.1) is 0 Å². The third-order valence-electron chi connectivity index (χ3n) is 5.03. The molecule has 1 aliphatic heterocycles. The number of anilines is 2. The van der Waals surface area contributed by atoms with Gasteiger partial charge in [0.25, 0.3) is 0 Å². The predicted molar refractivity (Wildman–Crippen MR) is 126 cm³/mol. The third-order valence-corrected chi connectivity index (χ3v) is 7.03. The number of phenolic OH excluding ortho intramolecular Hbond substituents is 1. The molecule has 30 heavy (non-hydrogen) atoms. The van der Waals surface area contributed by atoms with Crippen LogP contribution in [-0.4, -0.2) is 54.4 Å². The van der Waals surface area contributed by atoms with E-state index in [0.29, 0.717) is 15.0 Å². The number of carbonyl (C=O) groups is 1. The molecule has 2 aromatic carbocycles. The van der Waals surface area contributed by atoms with E-state index in [0.717, 1.165) is 47.6 Å². The van der Waals surface area contributed by atoms with Crippen LogP contribution in [0.15, 0.2) is 42.5 Å². The number of nitrogens with one attached hydrogen (secondary N) is 1. The predicted octanol–water partition coefficient (Wildman–Crippen LogP) is 4.57. The van der Waals surface area contributed by atoms with Gasteiger partial charge in [0.05, 0.1) is 12.1 Å². The summed E-state index contributed by atoms with van der Waals surface area (Å²) in [6.07, 6.45) is 0. The van der Waals surface area contributed by atoms with E-state index in [9.17, 15) is 9.90 Å². The van der Waals surface area contributed by atoms with E-state index in [1.807, 2.05) is 30.3 Å². The number of fused-ring (bicyclic) bond motifs is 1. The minimum Gasteiger partial charge on any atom is -0.508 e. The first-order valence-corrected chi connectivity index (χ1v) is 11.0. The van der Waals surface area contributed by atoms with Crippen molar-refractivity contribution in [2.45, 2.75) is 0 Å². The lowest BCUT2D eigenvalue weighted by atomic mass is 10.2. The number of thiophene rings is 1. The van der Waals surface area contributed by atoms with E-state index in [1.54, 1.807) is 12.1 Å². The average Bonchev–Trinajstić information content (AvgIpc) is 3.09. The molecular formula is C21H20ClN3O3S2. The lowest BCUT2D eigenvalue weighted by Crippen LogP contribution is -2.50. The van der Waals surface area contributed by atoms with E-state index in [-0.39, 0.29) is 5.75 Å². The summed E-state index contributed by atoms with van der Waals surface area (Å²) in [5, 5.41) is 14.6. The molecule has 3 aromatic rings. The van der Waals surface area contributed by atoms with E-state index in [1.165, 1.54) is 18.4 Å². The average molecular weight is 462 g/mol. The lowest BCUT2D eigenvalue weighted by molar-refractivity contribution is 0.0606. The molecule has 2 N–H and O–H groups in total. The number of piperazine rings is 1. The molecule has 1 aliphatic rings. The van der Waals surface area contributed by atoms with Gasteiger partial charge in [-0.05, 0) is 54.7 Å². The summed E-state index contributed by atoms with van der Waals surface area (Å²) in [6.45, 7) is 3.28. The van der Waals surface area contributed by atoms with Crippen molar-refractivity contribution < 1.29 is 14.6 Å². The highest BCUT2D eigenvalue weighted by Gasteiger charge is 2.21. The number of thiocarbonyl (C=S) groups is 1. The van der Waals surface area contributed by atoms with Gasteiger partial charge < -0.3 is 25.0 Å². The molecule has 6 nitrogen and oxygen atoms in total. The molecule has 0 saturated carbocycles. The number of ether oxygens (including phenoxy) is 1. The monoisotopic (exact) mass is 461 g/mol. The van der Waals surface area contributed by atoms with Gasteiger partial charge in [-0.2, -0.15) is 0 Å². The smallest absolute Gasteiger partial charge is 0.349 e. The Kier molecular flexibility index (Phi) is 5.99. The molecule has 1 saturated heterocycles. The van der Waals surface area contributed by atoms with Crippen LogP contribution < -0.4 is 10.2 Å². The summed E-state index contributed by atoms with van der Waals surface area (Å²) in [7, 11) is 1.34. The van der Waals surface area contributed by atoms with Crippen molar-refractivity contribution in [1.82, 2.24) is 4.90 Å². The number of benzene rings is 2. The molecule has 0 bridgehead atoms. The quantitative estimate of drug-likeness (QED) is 0.437. The molecule has 4 rings (SSSR count). The summed E-state index contributed by atoms with van der Waals surface area (Å²) < 4.78 is 5.69. The summed E-state index contributed by atoms with van der Waals surface area (Å²) in [5.74, 6) is -0.164. The minimum atomic E-state index is -0.433. The topological polar surface area (TPSA) is 65.0 Å². The Morgan fingerprint density at radius 3 is 2.53 bits per heavy atom. The highest BCUT2D eigenvalue weighted by atomic mass is 35.5. The van der Waals surface area contributed by atoms with Crippen LogP contribution in [0.1, 0.15) is 9.67 Å². The van der Waals surface area contributed by atoms with E-state index in [4.69, 9.17) is 28.6 Å². The number of carbonyl (C=O) groups excluding carboxylic acids is 1. The van der Waals surface area contributed by atoms with Gasteiger partial charge in [0.2, 0.25) is 0 Å². The number of nitrogens with zero attached hydrogens (tertiary/aromatic N) is 2. The molecule has 1 fully saturated rings. The maximum Gasteiger partial charge on any atom is 0.349 e. The minimum absolute atomic E-state index is 0.269. The summed E-state index contributed by atoms with van der Waals surface area (Å²) in [5.41, 5.74) is 1.94. The highest BCUT2D eigenvalue weighted by molar-refractivity contribution is 7.80. The van der Waals surface area contributed by atoms with Crippen LogP contribution >= 0.6 is 35.2 Å². The van der Waals surface area contributed by atoms with Crippen LogP contribution in [-0.2, 0) is 4.74 Å². The Morgan fingerprint density at radius 2 is 1.87 bits per heavy atom. The Hall–Kier alpha value is -2.55. The fraction of sp³-hybridized carbons (Fsp3) is 0.238. The number of hydrogen-bond acceptors (Lipinski definition) is 6. The van der Waals surface area contributed by atoms with Crippen LogP contribution in [0.3, 0.4) is 0 Å². The van der Waals surface area contributed by atoms with Crippen molar-refractivity contribution in [3.05, 3.63) is 52.4 Å². The molecule has 0 unspecified atom stereocenters. The van der Waals surface area contributed by atoms with Crippen LogP contribution in [0.5, 0.6) is 5.75 Å². The van der Waals surface area contributed by atoms with Crippen LogP contribution in [0.2, 0.25) is 5.02 Å². The fourth-order valence-corrected chi connectivity index (χ4v) is 5.17. The highest BCUT2D eigenvalue weighted by Crippen LogP contribution is 2.37. The first-order chi connectivity index (χ1) is 14.5. The van der Waals surface area contributed by atoms with Crippen LogP contribution in [0.4, 0.5) is 11.4 Å². The Bertz CT molecular complexity index is 1090. The molecule has 0 aliphatic carbocycles. The van der Waals surface area contributed by atoms with Gasteiger partial charge in [-0.1, -0.05) is 11.6 Å². The van der Waals surface area contributed by atoms with E-state index >= 15 is 0 Å². The molecule has 9 heteroatoms. The summed E-state index contributed by atoms with van der Waals surface area (Å²) in [4.78, 5) is 16.7. The van der Waals surface area contributed by atoms with Gasteiger partial charge in [-0.3, -0.25) is 0 Å². The Labute approximate surface area is 188 Å². The van der Waals surface area contributed by atoms with Crippen molar-refractivity contribution in [3.8, 4) is 5.75 Å². The molecule has 0 radical (unpaired) electrons. The number of phenols is 1. The van der Waals surface area contributed by atoms with Gasteiger partial charge >= 0.3 is 5.97 Å². The Balaban J connectivity index is 1.41. The zero-order valence-electron chi connectivity index (χ0n) is 16.2. The second-order valence-corrected chi connectivity index (χ2v) is 8.69. The van der Waals surface area contributed by atoms with E-state index < -0.39 is 5.97 Å². The van der Waals surface area contributed by atoms with E-state index in [2.05, 4.69) is 15.1 Å². The van der Waals surface area contributed by atoms with Gasteiger partial charge in [-0.15, -0.1) is 11.3 Å². The SMILES string of the molecule is COC(=O)c1sc2cc(NC(=S)N3CCN(c4ccc(O)cc4)CC3)ccc2c1Cl. The molecule has 2 heterocycles. The molecule has 0 atom stereocenters. The van der Waals surface area contributed by atoms with Gasteiger partial charge in [0.1, 0.15) is 10.6 Å². The number of methoxy groups -OCH3 is 1. The maximum absolute atomic E-state index is 11.9. The maximum atomic E-state index is 11.9. The molecule has 1 aromatic heterocycles. The van der Waals surface area contributed by atoms with Gasteiger partial charge in [0, 0.05) is 47.6 Å². The van der Waals surface area contributed by atoms with Crippen molar-refractivity contribution in [3.63, 3.8) is 0 Å². The second-order valence-electron chi connectivity index (χ2n) is 6.87. The number of aromatic hydroxyl groups is 1. The van der Waals surface area contributed by atoms with Gasteiger partial charge in [-0.25, -0.2) is 4.79 Å². The molecule has 0 spiro atoms. The lowest BCUT2D eigenvalue weighted by Gasteiger charge is -2.37. The van der Waals surface area contributed by atoms with Crippen molar-refractivity contribution in [2.75, 3.05) is 43.5 Å². The van der Waals surface area contributed by atoms with Gasteiger partial charge in [0.15, 0.2) is 5.11 Å². The standard InChI is InChI=1S/C21H20ClN3O3S2/c1-28-20(27)19-18(22)16-7-2-13(12-17(16)30-19)23-21(29)25-10-8-24(9-11-25)14-3-5-15(26)6-4-14/h2-7,12,26H,8-11H2,1H3,(H,23,29). The normalized spacial score (nSPS) is 14.1.